The summed E-state index contributed by atoms with van der Waals surface area (Å²) in [7, 11) is 0. The molecule has 2 aromatic rings. The van der Waals surface area contributed by atoms with E-state index in [9.17, 15) is 4.79 Å². The zero-order chi connectivity index (χ0) is 15.9. The van der Waals surface area contributed by atoms with Crippen LogP contribution in [0.3, 0.4) is 0 Å². The average molecular weight is 300 g/mol. The molecule has 2 rings (SSSR count). The number of hydrogen-bond acceptors (Lipinski definition) is 3. The van der Waals surface area contributed by atoms with Crippen molar-refractivity contribution in [2.24, 2.45) is 0 Å². The van der Waals surface area contributed by atoms with Gasteiger partial charge in [-0.1, -0.05) is 18.2 Å². The van der Waals surface area contributed by atoms with Gasteiger partial charge in [0.15, 0.2) is 0 Å². The van der Waals surface area contributed by atoms with Crippen molar-refractivity contribution >= 4 is 5.97 Å². The number of aromatic carboxylic acids is 1. The Morgan fingerprint density at radius 2 is 1.64 bits per heavy atom. The molecule has 0 aliphatic heterocycles. The lowest BCUT2D eigenvalue weighted by atomic mass is 10.1. The predicted octanol–water partition coefficient (Wildman–Crippen LogP) is 3.85. The average Bonchev–Trinajstić information content (AvgIpc) is 2.46. The number of benzene rings is 2. The summed E-state index contributed by atoms with van der Waals surface area (Å²) in [5, 5.41) is 9.06. The molecule has 0 aliphatic carbocycles. The van der Waals surface area contributed by atoms with E-state index in [1.165, 1.54) is 17.2 Å². The Hall–Kier alpha value is -2.49. The monoisotopic (exact) mass is 300 g/mol. The van der Waals surface area contributed by atoms with Gasteiger partial charge in [-0.2, -0.15) is 0 Å². The van der Waals surface area contributed by atoms with Gasteiger partial charge in [0.1, 0.15) is 17.1 Å². The van der Waals surface area contributed by atoms with Gasteiger partial charge in [-0.05, 0) is 49.2 Å². The highest BCUT2D eigenvalue weighted by Gasteiger charge is 2.09. The lowest BCUT2D eigenvalue weighted by Gasteiger charge is -2.10. The van der Waals surface area contributed by atoms with E-state index in [0.29, 0.717) is 25.4 Å². The van der Waals surface area contributed by atoms with Crippen LogP contribution in [0.5, 0.6) is 11.5 Å². The fourth-order valence-electron chi connectivity index (χ4n) is 2.22. The van der Waals surface area contributed by atoms with Crippen molar-refractivity contribution in [2.45, 2.75) is 20.3 Å². The SMILES string of the molecule is Cc1cc(C)cc(OCCCOc2ccccc2C(=O)O)c1. The molecule has 116 valence electrons. The van der Waals surface area contributed by atoms with Crippen LogP contribution in [0.25, 0.3) is 0 Å². The van der Waals surface area contributed by atoms with Gasteiger partial charge in [-0.15, -0.1) is 0 Å². The van der Waals surface area contributed by atoms with Gasteiger partial charge in [0.25, 0.3) is 0 Å². The molecular weight excluding hydrogens is 280 g/mol. The molecule has 4 nitrogen and oxygen atoms in total. The number of ether oxygens (including phenoxy) is 2. The maximum Gasteiger partial charge on any atom is 0.339 e. The van der Waals surface area contributed by atoms with E-state index in [-0.39, 0.29) is 5.56 Å². The molecule has 0 amide bonds. The van der Waals surface area contributed by atoms with Crippen LogP contribution < -0.4 is 9.47 Å². The first kappa shape index (κ1) is 15.9. The molecule has 0 aliphatic rings. The zero-order valence-electron chi connectivity index (χ0n) is 12.8. The van der Waals surface area contributed by atoms with Crippen molar-refractivity contribution in [1.82, 2.24) is 0 Å². The Bertz CT molecular complexity index is 629. The summed E-state index contributed by atoms with van der Waals surface area (Å²) in [5.74, 6) is 0.256. The quantitative estimate of drug-likeness (QED) is 0.789. The minimum absolute atomic E-state index is 0.178. The van der Waals surface area contributed by atoms with Crippen LogP contribution in [-0.4, -0.2) is 24.3 Å². The van der Waals surface area contributed by atoms with E-state index in [0.717, 1.165) is 5.75 Å². The molecule has 0 saturated carbocycles. The summed E-state index contributed by atoms with van der Waals surface area (Å²) in [4.78, 5) is 11.1. The van der Waals surface area contributed by atoms with Crippen LogP contribution in [0.1, 0.15) is 27.9 Å². The molecule has 0 atom stereocenters. The molecule has 22 heavy (non-hydrogen) atoms. The molecule has 0 fully saturated rings. The second kappa shape index (κ2) is 7.50. The van der Waals surface area contributed by atoms with Gasteiger partial charge in [0.05, 0.1) is 13.2 Å². The van der Waals surface area contributed by atoms with Gasteiger partial charge in [0, 0.05) is 6.42 Å². The number of hydrogen-bond donors (Lipinski definition) is 1. The molecule has 0 aromatic heterocycles. The van der Waals surface area contributed by atoms with Crippen molar-refractivity contribution in [3.05, 3.63) is 59.2 Å². The summed E-state index contributed by atoms with van der Waals surface area (Å²) >= 11 is 0. The van der Waals surface area contributed by atoms with Crippen molar-refractivity contribution in [3.63, 3.8) is 0 Å². The minimum Gasteiger partial charge on any atom is -0.493 e. The van der Waals surface area contributed by atoms with Gasteiger partial charge < -0.3 is 14.6 Å². The van der Waals surface area contributed by atoms with Crippen LogP contribution in [0.2, 0.25) is 0 Å². The van der Waals surface area contributed by atoms with Gasteiger partial charge >= 0.3 is 5.97 Å². The number of carboxylic acid groups (broad SMARTS) is 1. The van der Waals surface area contributed by atoms with Crippen molar-refractivity contribution in [2.75, 3.05) is 13.2 Å². The van der Waals surface area contributed by atoms with E-state index in [1.54, 1.807) is 18.2 Å². The lowest BCUT2D eigenvalue weighted by Crippen LogP contribution is -2.08. The third-order valence-corrected chi connectivity index (χ3v) is 3.13. The van der Waals surface area contributed by atoms with Crippen LogP contribution in [-0.2, 0) is 0 Å². The molecule has 0 spiro atoms. The second-order valence-corrected chi connectivity index (χ2v) is 5.18. The third kappa shape index (κ3) is 4.52. The Labute approximate surface area is 130 Å². The van der Waals surface area contributed by atoms with Crippen molar-refractivity contribution in [1.29, 1.82) is 0 Å². The fraction of sp³-hybridized carbons (Fsp3) is 0.278. The Morgan fingerprint density at radius 3 is 2.32 bits per heavy atom. The first-order valence-electron chi connectivity index (χ1n) is 7.22. The van der Waals surface area contributed by atoms with Crippen molar-refractivity contribution in [3.8, 4) is 11.5 Å². The molecule has 1 N–H and O–H groups in total. The standard InChI is InChI=1S/C18H20O4/c1-13-10-14(2)12-15(11-13)21-8-5-9-22-17-7-4-3-6-16(17)18(19)20/h3-4,6-7,10-12H,5,8-9H2,1-2H3,(H,19,20). The van der Waals surface area contributed by atoms with Crippen molar-refractivity contribution < 1.29 is 19.4 Å². The fourth-order valence-corrected chi connectivity index (χ4v) is 2.22. The van der Waals surface area contributed by atoms with Crippen LogP contribution in [0.4, 0.5) is 0 Å². The lowest BCUT2D eigenvalue weighted by molar-refractivity contribution is 0.0692. The van der Waals surface area contributed by atoms with E-state index < -0.39 is 5.97 Å². The molecule has 0 heterocycles. The first-order chi connectivity index (χ1) is 10.6. The minimum atomic E-state index is -0.984. The highest BCUT2D eigenvalue weighted by atomic mass is 16.5. The normalized spacial score (nSPS) is 10.3. The molecular formula is C18H20O4. The van der Waals surface area contributed by atoms with Gasteiger partial charge in [-0.25, -0.2) is 4.79 Å². The third-order valence-electron chi connectivity index (χ3n) is 3.13. The number of carbonyl (C=O) groups is 1. The number of aryl methyl sites for hydroxylation is 2. The number of rotatable bonds is 7. The van der Waals surface area contributed by atoms with E-state index in [2.05, 4.69) is 6.07 Å². The summed E-state index contributed by atoms with van der Waals surface area (Å²) < 4.78 is 11.2. The Balaban J connectivity index is 1.79. The Kier molecular flexibility index (Phi) is 5.42. The molecule has 0 radical (unpaired) electrons. The highest BCUT2D eigenvalue weighted by Crippen LogP contribution is 2.18. The summed E-state index contributed by atoms with van der Waals surface area (Å²) in [6.45, 7) is 5.00. The predicted molar refractivity (Wildman–Crippen MR) is 84.9 cm³/mol. The molecule has 0 unspecified atom stereocenters. The second-order valence-electron chi connectivity index (χ2n) is 5.18. The van der Waals surface area contributed by atoms with Gasteiger partial charge in [-0.3, -0.25) is 0 Å². The summed E-state index contributed by atoms with van der Waals surface area (Å²) in [6, 6.07) is 12.7. The Morgan fingerprint density at radius 1 is 1.00 bits per heavy atom. The molecule has 0 bridgehead atoms. The van der Waals surface area contributed by atoms with E-state index in [1.807, 2.05) is 26.0 Å². The zero-order valence-corrected chi connectivity index (χ0v) is 12.8. The summed E-state index contributed by atoms with van der Waals surface area (Å²) in [6.07, 6.45) is 0.681. The van der Waals surface area contributed by atoms with Crippen LogP contribution in [0.15, 0.2) is 42.5 Å². The maximum atomic E-state index is 11.1. The smallest absolute Gasteiger partial charge is 0.339 e. The largest absolute Gasteiger partial charge is 0.493 e. The maximum absolute atomic E-state index is 11.1. The number of carboxylic acids is 1. The number of para-hydroxylation sites is 1. The first-order valence-corrected chi connectivity index (χ1v) is 7.22. The topological polar surface area (TPSA) is 55.8 Å². The molecule has 2 aromatic carbocycles. The highest BCUT2D eigenvalue weighted by molar-refractivity contribution is 5.90. The molecule has 4 heteroatoms. The molecule has 0 saturated heterocycles. The van der Waals surface area contributed by atoms with E-state index in [4.69, 9.17) is 14.6 Å². The van der Waals surface area contributed by atoms with Gasteiger partial charge in [0.2, 0.25) is 0 Å². The van der Waals surface area contributed by atoms with Crippen LogP contribution in [0, 0.1) is 13.8 Å². The summed E-state index contributed by atoms with van der Waals surface area (Å²) in [5.41, 5.74) is 2.51. The van der Waals surface area contributed by atoms with E-state index >= 15 is 0 Å². The van der Waals surface area contributed by atoms with Crippen LogP contribution >= 0.6 is 0 Å².